The minimum atomic E-state index is -0.319. The summed E-state index contributed by atoms with van der Waals surface area (Å²) in [6.07, 6.45) is 4.19. The number of hydrogen-bond acceptors (Lipinski definition) is 5. The van der Waals surface area contributed by atoms with Gasteiger partial charge in [0.1, 0.15) is 12.1 Å². The molecule has 3 rings (SSSR count). The second-order valence-corrected chi connectivity index (χ2v) is 7.91. The Hall–Kier alpha value is -2.58. The van der Waals surface area contributed by atoms with Gasteiger partial charge >= 0.3 is 5.69 Å². The fourth-order valence-electron chi connectivity index (χ4n) is 3.27. The number of aryl methyl sites for hydroxylation is 2. The smallest absolute Gasteiger partial charge is 0.330 e. The van der Waals surface area contributed by atoms with Crippen LogP contribution in [0.5, 0.6) is 0 Å². The Labute approximate surface area is 177 Å². The summed E-state index contributed by atoms with van der Waals surface area (Å²) in [5.41, 5.74) is 9.17. The number of anilines is 1. The lowest BCUT2D eigenvalue weighted by Gasteiger charge is -2.06. The van der Waals surface area contributed by atoms with E-state index in [4.69, 9.17) is 28.9 Å². The molecule has 0 saturated carbocycles. The van der Waals surface area contributed by atoms with Gasteiger partial charge in [-0.3, -0.25) is 14.3 Å². The Kier molecular flexibility index (Phi) is 5.86. The Morgan fingerprint density at radius 3 is 2.62 bits per heavy atom. The SMILES string of the molecule is CC(C)=CCCn1c(=O)n(Cc2c(C)c(Cl)c(C)c[n+]2O)c2nc(N)nc(Cl)c21. The number of nitrogen functional groups attached to an aromatic ring is 1. The van der Waals surface area contributed by atoms with Crippen molar-refractivity contribution < 1.29 is 9.94 Å². The van der Waals surface area contributed by atoms with E-state index in [9.17, 15) is 10.0 Å². The molecular formula is C19H23Cl2N6O2+. The van der Waals surface area contributed by atoms with Gasteiger partial charge in [-0.05, 0) is 34.1 Å². The molecule has 0 aliphatic heterocycles. The van der Waals surface area contributed by atoms with E-state index in [2.05, 4.69) is 9.97 Å². The van der Waals surface area contributed by atoms with Crippen molar-refractivity contribution in [3.8, 4) is 0 Å². The van der Waals surface area contributed by atoms with Crippen molar-refractivity contribution in [2.45, 2.75) is 47.2 Å². The number of imidazole rings is 1. The largest absolute Gasteiger partial charge is 0.368 e. The Balaban J connectivity index is 2.21. The minimum absolute atomic E-state index is 0.0340. The zero-order valence-corrected chi connectivity index (χ0v) is 18.2. The summed E-state index contributed by atoms with van der Waals surface area (Å²) in [4.78, 5) is 21.5. The third-order valence-electron chi connectivity index (χ3n) is 4.74. The molecule has 10 heteroatoms. The van der Waals surface area contributed by atoms with Crippen molar-refractivity contribution in [3.05, 3.63) is 55.3 Å². The van der Waals surface area contributed by atoms with Crippen molar-refractivity contribution in [3.63, 3.8) is 0 Å². The van der Waals surface area contributed by atoms with Crippen LogP contribution in [0.25, 0.3) is 11.2 Å². The lowest BCUT2D eigenvalue weighted by molar-refractivity contribution is -0.910. The number of rotatable bonds is 5. The Bertz CT molecular complexity index is 1190. The lowest BCUT2D eigenvalue weighted by Crippen LogP contribution is -2.39. The maximum absolute atomic E-state index is 13.2. The Morgan fingerprint density at radius 1 is 1.28 bits per heavy atom. The molecule has 0 bridgehead atoms. The van der Waals surface area contributed by atoms with E-state index in [0.717, 1.165) is 15.9 Å². The number of fused-ring (bicyclic) bond motifs is 1. The molecule has 0 radical (unpaired) electrons. The first kappa shape index (κ1) is 21.1. The standard InChI is InChI=1S/C19H23Cl2N6O2/c1-10(2)6-5-7-25-15-16(21)23-18(22)24-17(15)26(19(25)28)9-13-12(4)14(20)11(3)8-27(13)29/h6,8,29H,5,7,9H2,1-4H3,(H2,22,23,24)/q+1. The van der Waals surface area contributed by atoms with Crippen LogP contribution in [0.1, 0.15) is 37.1 Å². The van der Waals surface area contributed by atoms with Crippen molar-refractivity contribution in [2.75, 3.05) is 5.73 Å². The normalized spacial score (nSPS) is 11.2. The van der Waals surface area contributed by atoms with Crippen LogP contribution in [-0.4, -0.2) is 24.3 Å². The number of allylic oxidation sites excluding steroid dienone is 2. The number of nitrogens with two attached hydrogens (primary N) is 1. The molecule has 3 heterocycles. The van der Waals surface area contributed by atoms with Crippen molar-refractivity contribution >= 4 is 40.3 Å². The fourth-order valence-corrected chi connectivity index (χ4v) is 3.70. The highest BCUT2D eigenvalue weighted by Crippen LogP contribution is 2.24. The summed E-state index contributed by atoms with van der Waals surface area (Å²) < 4.78 is 3.92. The monoisotopic (exact) mass is 437 g/mol. The van der Waals surface area contributed by atoms with Crippen LogP contribution in [-0.2, 0) is 13.1 Å². The minimum Gasteiger partial charge on any atom is -0.368 e. The quantitative estimate of drug-likeness (QED) is 0.276. The highest BCUT2D eigenvalue weighted by molar-refractivity contribution is 6.33. The van der Waals surface area contributed by atoms with E-state index < -0.39 is 0 Å². The summed E-state index contributed by atoms with van der Waals surface area (Å²) in [5.74, 6) is -0.0340. The van der Waals surface area contributed by atoms with Gasteiger partial charge in [0.15, 0.2) is 10.8 Å². The second kappa shape index (κ2) is 8.04. The molecule has 29 heavy (non-hydrogen) atoms. The van der Waals surface area contributed by atoms with Crippen molar-refractivity contribution in [2.24, 2.45) is 0 Å². The number of nitrogens with zero attached hydrogens (tertiary/aromatic N) is 5. The predicted molar refractivity (Wildman–Crippen MR) is 113 cm³/mol. The van der Waals surface area contributed by atoms with Crippen LogP contribution in [0.4, 0.5) is 5.95 Å². The average molecular weight is 438 g/mol. The molecular weight excluding hydrogens is 415 g/mol. The van der Waals surface area contributed by atoms with Gasteiger partial charge in [-0.15, -0.1) is 0 Å². The molecule has 3 N–H and O–H groups in total. The van der Waals surface area contributed by atoms with Crippen molar-refractivity contribution in [1.29, 1.82) is 0 Å². The van der Waals surface area contributed by atoms with E-state index in [1.54, 1.807) is 13.8 Å². The number of hydrogen-bond donors (Lipinski definition) is 2. The van der Waals surface area contributed by atoms with Gasteiger partial charge in [0.05, 0.1) is 5.02 Å². The molecule has 0 amide bonds. The maximum Gasteiger partial charge on any atom is 0.330 e. The maximum atomic E-state index is 13.2. The molecule has 0 fully saturated rings. The van der Waals surface area contributed by atoms with Crippen LogP contribution in [0.2, 0.25) is 10.2 Å². The summed E-state index contributed by atoms with van der Waals surface area (Å²) >= 11 is 12.7. The summed E-state index contributed by atoms with van der Waals surface area (Å²) in [7, 11) is 0. The average Bonchev–Trinajstić information content (AvgIpc) is 2.88. The molecule has 0 atom stereocenters. The van der Waals surface area contributed by atoms with E-state index in [1.165, 1.54) is 15.3 Å². The lowest BCUT2D eigenvalue weighted by atomic mass is 10.1. The molecule has 0 aliphatic rings. The number of aromatic nitrogens is 5. The van der Waals surface area contributed by atoms with Gasteiger partial charge < -0.3 is 5.73 Å². The number of pyridine rings is 1. The third-order valence-corrected chi connectivity index (χ3v) is 5.59. The van der Waals surface area contributed by atoms with Crippen LogP contribution < -0.4 is 16.2 Å². The molecule has 0 aliphatic carbocycles. The molecule has 0 spiro atoms. The zero-order chi connectivity index (χ0) is 21.5. The molecule has 0 aromatic carbocycles. The molecule has 3 aromatic rings. The molecule has 0 saturated heterocycles. The summed E-state index contributed by atoms with van der Waals surface area (Å²) in [5, 5.41) is 11.0. The molecule has 8 nitrogen and oxygen atoms in total. The first-order chi connectivity index (χ1) is 13.6. The fraction of sp³-hybridized carbons (Fsp3) is 0.368. The van der Waals surface area contributed by atoms with Crippen molar-refractivity contribution in [1.82, 2.24) is 19.1 Å². The van der Waals surface area contributed by atoms with Gasteiger partial charge in [0.2, 0.25) is 12.1 Å². The highest BCUT2D eigenvalue weighted by Gasteiger charge is 2.25. The zero-order valence-electron chi connectivity index (χ0n) is 16.7. The highest BCUT2D eigenvalue weighted by atomic mass is 35.5. The van der Waals surface area contributed by atoms with E-state index in [1.807, 2.05) is 19.9 Å². The van der Waals surface area contributed by atoms with Crippen LogP contribution in [0, 0.1) is 13.8 Å². The van der Waals surface area contributed by atoms with E-state index in [0.29, 0.717) is 40.4 Å². The summed E-state index contributed by atoms with van der Waals surface area (Å²) in [6, 6.07) is 0. The molecule has 3 aromatic heterocycles. The molecule has 154 valence electrons. The topological polar surface area (TPSA) is 103 Å². The van der Waals surface area contributed by atoms with Gasteiger partial charge in [-0.1, -0.05) is 34.9 Å². The van der Waals surface area contributed by atoms with E-state index in [-0.39, 0.29) is 23.3 Å². The predicted octanol–water partition coefficient (Wildman–Crippen LogP) is 3.03. The van der Waals surface area contributed by atoms with Gasteiger partial charge in [-0.25, -0.2) is 4.79 Å². The van der Waals surface area contributed by atoms with Gasteiger partial charge in [-0.2, -0.15) is 9.97 Å². The Morgan fingerprint density at radius 2 is 1.97 bits per heavy atom. The third kappa shape index (κ3) is 3.95. The summed E-state index contributed by atoms with van der Waals surface area (Å²) in [6.45, 7) is 8.01. The van der Waals surface area contributed by atoms with Gasteiger partial charge in [0, 0.05) is 22.4 Å². The van der Waals surface area contributed by atoms with Crippen LogP contribution >= 0.6 is 23.2 Å². The molecule has 0 unspecified atom stereocenters. The first-order valence-electron chi connectivity index (χ1n) is 9.06. The van der Waals surface area contributed by atoms with Crippen LogP contribution in [0.3, 0.4) is 0 Å². The second-order valence-electron chi connectivity index (χ2n) is 7.18. The van der Waals surface area contributed by atoms with Gasteiger partial charge in [0.25, 0.3) is 5.69 Å². The van der Waals surface area contributed by atoms with E-state index >= 15 is 0 Å². The van der Waals surface area contributed by atoms with Crippen LogP contribution in [0.15, 0.2) is 22.6 Å². The first-order valence-corrected chi connectivity index (χ1v) is 9.82. The number of halogens is 2.